The molecule has 2 N–H and O–H groups in total. The topological polar surface area (TPSA) is 40.5 Å². The highest BCUT2D eigenvalue weighted by atomic mass is 16.3. The van der Waals surface area contributed by atoms with E-state index in [1.165, 1.54) is 11.1 Å². The molecule has 2 aromatic rings. The quantitative estimate of drug-likeness (QED) is 0.471. The van der Waals surface area contributed by atoms with Gasteiger partial charge in [-0.05, 0) is 52.8 Å². The van der Waals surface area contributed by atoms with Gasteiger partial charge in [0.1, 0.15) is 11.5 Å². The number of aryl methyl sites for hydroxylation is 2. The summed E-state index contributed by atoms with van der Waals surface area (Å²) in [6, 6.07) is 9.89. The van der Waals surface area contributed by atoms with Gasteiger partial charge in [-0.2, -0.15) is 0 Å². The summed E-state index contributed by atoms with van der Waals surface area (Å²) in [7, 11) is 0. The van der Waals surface area contributed by atoms with Crippen LogP contribution in [0.2, 0.25) is 0 Å². The fourth-order valence-electron chi connectivity index (χ4n) is 3.17. The van der Waals surface area contributed by atoms with Gasteiger partial charge in [-0.25, -0.2) is 0 Å². The molecule has 29 heavy (non-hydrogen) atoms. The van der Waals surface area contributed by atoms with E-state index in [-0.39, 0.29) is 23.7 Å². The molecule has 2 heteroatoms. The van der Waals surface area contributed by atoms with Crippen molar-refractivity contribution >= 4 is 0 Å². The number of aromatic hydroxyl groups is 2. The SMILES string of the molecule is C.Cc1cc(C(C)(C)C)c(O)c(C(C)(C)C)c1.Cc1ccc(O)c(C(C)(C)C)c1. The minimum atomic E-state index is -0.0178. The highest BCUT2D eigenvalue weighted by Crippen LogP contribution is 2.39. The standard InChI is InChI=1S/C15H24O.C11H16O.CH4/c1-10-8-11(14(2,3)4)13(16)12(9-10)15(5,6)7;1-8-5-6-10(12)9(7-8)11(2,3)4;/h8-9,16H,1-7H3;5-7,12H,1-4H3;1H4. The minimum absolute atomic E-state index is 0. The van der Waals surface area contributed by atoms with Crippen molar-refractivity contribution in [1.29, 1.82) is 0 Å². The largest absolute Gasteiger partial charge is 0.508 e. The first-order valence-electron chi connectivity index (χ1n) is 10.1. The summed E-state index contributed by atoms with van der Waals surface area (Å²) in [5.74, 6) is 0.860. The van der Waals surface area contributed by atoms with E-state index in [0.29, 0.717) is 11.5 Å². The number of hydrogen-bond acceptors (Lipinski definition) is 2. The summed E-state index contributed by atoms with van der Waals surface area (Å²) in [5.41, 5.74) is 5.49. The summed E-state index contributed by atoms with van der Waals surface area (Å²) >= 11 is 0. The first-order chi connectivity index (χ1) is 12.4. The van der Waals surface area contributed by atoms with Crippen LogP contribution in [-0.2, 0) is 16.2 Å². The smallest absolute Gasteiger partial charge is 0.123 e. The van der Waals surface area contributed by atoms with Crippen molar-refractivity contribution in [3.63, 3.8) is 0 Å². The van der Waals surface area contributed by atoms with Gasteiger partial charge in [0.2, 0.25) is 0 Å². The average molecular weight is 401 g/mol. The van der Waals surface area contributed by atoms with Crippen LogP contribution in [0.25, 0.3) is 0 Å². The van der Waals surface area contributed by atoms with Crippen LogP contribution in [-0.4, -0.2) is 10.2 Å². The van der Waals surface area contributed by atoms with Crippen LogP contribution in [0, 0.1) is 13.8 Å². The Morgan fingerprint density at radius 2 is 0.897 bits per heavy atom. The van der Waals surface area contributed by atoms with Gasteiger partial charge >= 0.3 is 0 Å². The molecule has 0 heterocycles. The first kappa shape index (κ1) is 27.0. The molecule has 0 unspecified atom stereocenters. The summed E-state index contributed by atoms with van der Waals surface area (Å²) in [6.07, 6.45) is 0. The second kappa shape index (κ2) is 9.24. The summed E-state index contributed by atoms with van der Waals surface area (Å²) < 4.78 is 0. The fraction of sp³-hybridized carbons (Fsp3) is 0.556. The third-order valence-electron chi connectivity index (χ3n) is 4.83. The van der Waals surface area contributed by atoms with Gasteiger partial charge in [0.05, 0.1) is 0 Å². The Bertz CT molecular complexity index is 775. The molecule has 0 aliphatic rings. The second-order valence-corrected chi connectivity index (χ2v) is 11.0. The van der Waals surface area contributed by atoms with Crippen molar-refractivity contribution in [3.05, 3.63) is 58.1 Å². The molecule has 0 spiro atoms. The van der Waals surface area contributed by atoms with Crippen LogP contribution in [0.15, 0.2) is 30.3 Å². The molecule has 0 bridgehead atoms. The van der Waals surface area contributed by atoms with E-state index in [4.69, 9.17) is 0 Å². The van der Waals surface area contributed by atoms with E-state index in [1.54, 1.807) is 6.07 Å². The number of benzene rings is 2. The maximum atomic E-state index is 10.4. The Labute approximate surface area is 180 Å². The van der Waals surface area contributed by atoms with E-state index in [9.17, 15) is 10.2 Å². The molecule has 2 nitrogen and oxygen atoms in total. The highest BCUT2D eigenvalue weighted by Gasteiger charge is 2.25. The third-order valence-corrected chi connectivity index (χ3v) is 4.83. The average Bonchev–Trinajstić information content (AvgIpc) is 2.49. The van der Waals surface area contributed by atoms with Gasteiger partial charge in [-0.15, -0.1) is 0 Å². The number of phenolic OH excluding ortho intramolecular Hbond substituents is 2. The molecule has 164 valence electrons. The van der Waals surface area contributed by atoms with Crippen LogP contribution < -0.4 is 0 Å². The van der Waals surface area contributed by atoms with Crippen LogP contribution in [0.1, 0.15) is 97.6 Å². The van der Waals surface area contributed by atoms with Gasteiger partial charge in [0.15, 0.2) is 0 Å². The molecule has 0 fully saturated rings. The maximum absolute atomic E-state index is 10.4. The normalized spacial score (nSPS) is 12.0. The highest BCUT2D eigenvalue weighted by molar-refractivity contribution is 5.49. The van der Waals surface area contributed by atoms with Crippen molar-refractivity contribution in [3.8, 4) is 11.5 Å². The lowest BCUT2D eigenvalue weighted by Crippen LogP contribution is -2.17. The van der Waals surface area contributed by atoms with Crippen LogP contribution in [0.5, 0.6) is 11.5 Å². The maximum Gasteiger partial charge on any atom is 0.123 e. The molecule has 0 radical (unpaired) electrons. The Kier molecular flexibility index (Phi) is 8.61. The summed E-state index contributed by atoms with van der Waals surface area (Å²) in [5, 5.41) is 20.0. The van der Waals surface area contributed by atoms with E-state index in [1.807, 2.05) is 19.1 Å². The van der Waals surface area contributed by atoms with Crippen molar-refractivity contribution in [2.45, 2.75) is 99.8 Å². The van der Waals surface area contributed by atoms with Crippen LogP contribution >= 0.6 is 0 Å². The molecule has 0 aromatic heterocycles. The molecule has 0 aliphatic carbocycles. The molecule has 2 aromatic carbocycles. The Hall–Kier alpha value is -1.96. The van der Waals surface area contributed by atoms with Crippen LogP contribution in [0.4, 0.5) is 0 Å². The van der Waals surface area contributed by atoms with Gasteiger partial charge < -0.3 is 10.2 Å². The monoisotopic (exact) mass is 400 g/mol. The van der Waals surface area contributed by atoms with E-state index in [0.717, 1.165) is 16.7 Å². The van der Waals surface area contributed by atoms with Crippen molar-refractivity contribution in [2.75, 3.05) is 0 Å². The van der Waals surface area contributed by atoms with Crippen molar-refractivity contribution in [1.82, 2.24) is 0 Å². The van der Waals surface area contributed by atoms with Crippen LogP contribution in [0.3, 0.4) is 0 Å². The Balaban J connectivity index is 0.000000542. The van der Waals surface area contributed by atoms with E-state index in [2.05, 4.69) is 81.4 Å². The van der Waals surface area contributed by atoms with E-state index < -0.39 is 0 Å². The summed E-state index contributed by atoms with van der Waals surface area (Å²) in [4.78, 5) is 0. The molecule has 2 rings (SSSR count). The van der Waals surface area contributed by atoms with Gasteiger partial charge in [-0.1, -0.05) is 105 Å². The number of hydrogen-bond donors (Lipinski definition) is 2. The zero-order valence-electron chi connectivity index (χ0n) is 19.8. The predicted octanol–water partition coefficient (Wildman–Crippen LogP) is 7.93. The lowest BCUT2D eigenvalue weighted by Gasteiger charge is -2.27. The molecular formula is C27H44O2. The lowest BCUT2D eigenvalue weighted by atomic mass is 9.78. The molecule has 0 saturated carbocycles. The zero-order chi connectivity index (χ0) is 22.1. The Morgan fingerprint density at radius 3 is 1.21 bits per heavy atom. The molecule has 0 aliphatic heterocycles. The fourth-order valence-corrected chi connectivity index (χ4v) is 3.17. The lowest BCUT2D eigenvalue weighted by molar-refractivity contribution is 0.423. The molecular weight excluding hydrogens is 356 g/mol. The number of rotatable bonds is 0. The predicted molar refractivity (Wildman–Crippen MR) is 129 cm³/mol. The number of phenols is 2. The zero-order valence-corrected chi connectivity index (χ0v) is 19.8. The third kappa shape index (κ3) is 7.42. The summed E-state index contributed by atoms with van der Waals surface area (Å²) in [6.45, 7) is 23.2. The van der Waals surface area contributed by atoms with Gasteiger partial charge in [-0.3, -0.25) is 0 Å². The van der Waals surface area contributed by atoms with Gasteiger partial charge in [0.25, 0.3) is 0 Å². The van der Waals surface area contributed by atoms with Gasteiger partial charge in [0, 0.05) is 0 Å². The Morgan fingerprint density at radius 1 is 0.552 bits per heavy atom. The molecule has 0 amide bonds. The molecule has 0 saturated heterocycles. The van der Waals surface area contributed by atoms with Crippen molar-refractivity contribution < 1.29 is 10.2 Å². The minimum Gasteiger partial charge on any atom is -0.508 e. The second-order valence-electron chi connectivity index (χ2n) is 11.0. The first-order valence-corrected chi connectivity index (χ1v) is 10.1. The van der Waals surface area contributed by atoms with Crippen molar-refractivity contribution in [2.24, 2.45) is 0 Å². The molecule has 0 atom stereocenters. The van der Waals surface area contributed by atoms with E-state index >= 15 is 0 Å².